The number of morpholine rings is 1. The first-order valence-corrected chi connectivity index (χ1v) is 5.03. The lowest BCUT2D eigenvalue weighted by atomic mass is 10.2. The number of rotatable bonds is 0. The molecule has 1 amide bonds. The molecule has 3 atom stereocenters. The van der Waals surface area contributed by atoms with Gasteiger partial charge >= 0.3 is 6.09 Å². The van der Waals surface area contributed by atoms with E-state index in [1.807, 2.05) is 27.7 Å². The molecule has 2 rings (SSSR count). The van der Waals surface area contributed by atoms with Gasteiger partial charge in [0.15, 0.2) is 0 Å². The van der Waals surface area contributed by atoms with E-state index < -0.39 is 5.60 Å². The molecule has 0 bridgehead atoms. The van der Waals surface area contributed by atoms with Crippen LogP contribution in [0.5, 0.6) is 0 Å². The molecule has 3 unspecified atom stereocenters. The molecule has 80 valence electrons. The van der Waals surface area contributed by atoms with E-state index in [0.29, 0.717) is 6.54 Å². The Balaban J connectivity index is 1.93. The van der Waals surface area contributed by atoms with E-state index in [9.17, 15) is 4.79 Å². The summed E-state index contributed by atoms with van der Waals surface area (Å²) in [7, 11) is 0. The minimum absolute atomic E-state index is 0.162. The van der Waals surface area contributed by atoms with Gasteiger partial charge in [-0.05, 0) is 27.7 Å². The van der Waals surface area contributed by atoms with Crippen LogP contribution in [0, 0.1) is 0 Å². The Bertz CT molecular complexity index is 259. The van der Waals surface area contributed by atoms with Gasteiger partial charge in [-0.25, -0.2) is 4.79 Å². The number of hydrogen-bond donors (Lipinski definition) is 0. The molecule has 0 radical (unpaired) electrons. The van der Waals surface area contributed by atoms with Gasteiger partial charge in [-0.1, -0.05) is 0 Å². The van der Waals surface area contributed by atoms with Gasteiger partial charge in [0, 0.05) is 0 Å². The lowest BCUT2D eigenvalue weighted by Crippen LogP contribution is -2.41. The van der Waals surface area contributed by atoms with Crippen LogP contribution in [0.4, 0.5) is 4.79 Å². The van der Waals surface area contributed by atoms with E-state index in [1.165, 1.54) is 0 Å². The Morgan fingerprint density at radius 1 is 1.50 bits per heavy atom. The van der Waals surface area contributed by atoms with Crippen molar-refractivity contribution in [2.45, 2.75) is 51.5 Å². The van der Waals surface area contributed by atoms with Crippen LogP contribution in [0.1, 0.15) is 27.7 Å². The summed E-state index contributed by atoms with van der Waals surface area (Å²) in [6.07, 6.45) is 0.292. The molecule has 2 aliphatic heterocycles. The average Bonchev–Trinajstić information content (AvgIpc) is 2.68. The molecule has 0 saturated carbocycles. The van der Waals surface area contributed by atoms with Gasteiger partial charge in [-0.3, -0.25) is 0 Å². The van der Waals surface area contributed by atoms with E-state index in [0.717, 1.165) is 0 Å². The minimum atomic E-state index is -0.412. The highest BCUT2D eigenvalue weighted by atomic mass is 16.6. The standard InChI is InChI=1S/C10H17NO3/c1-6-8-7(13-8)5-11(6)9(12)14-10(2,3)4/h6-8H,5H2,1-4H3. The smallest absolute Gasteiger partial charge is 0.410 e. The molecule has 0 aliphatic carbocycles. The molecule has 14 heavy (non-hydrogen) atoms. The Morgan fingerprint density at radius 2 is 2.14 bits per heavy atom. The second-order valence-electron chi connectivity index (χ2n) is 5.01. The first kappa shape index (κ1) is 9.77. The summed E-state index contributed by atoms with van der Waals surface area (Å²) in [6.45, 7) is 8.32. The fraction of sp³-hybridized carbons (Fsp3) is 0.900. The van der Waals surface area contributed by atoms with Crippen LogP contribution in [0.15, 0.2) is 0 Å². The maximum absolute atomic E-state index is 11.7. The number of ether oxygens (including phenoxy) is 2. The number of nitrogens with zero attached hydrogens (tertiary/aromatic N) is 1. The quantitative estimate of drug-likeness (QED) is 0.554. The van der Waals surface area contributed by atoms with E-state index >= 15 is 0 Å². The minimum Gasteiger partial charge on any atom is -0.444 e. The highest BCUT2D eigenvalue weighted by Crippen LogP contribution is 2.36. The van der Waals surface area contributed by atoms with Gasteiger partial charge in [-0.2, -0.15) is 0 Å². The summed E-state index contributed by atoms with van der Waals surface area (Å²) in [5.41, 5.74) is -0.412. The predicted octanol–water partition coefficient (Wildman–Crippen LogP) is 1.39. The fourth-order valence-electron chi connectivity index (χ4n) is 1.83. The summed E-state index contributed by atoms with van der Waals surface area (Å²) in [5, 5.41) is 0. The van der Waals surface area contributed by atoms with Crippen molar-refractivity contribution in [1.82, 2.24) is 4.90 Å². The van der Waals surface area contributed by atoms with Crippen molar-refractivity contribution < 1.29 is 14.3 Å². The van der Waals surface area contributed by atoms with E-state index in [-0.39, 0.29) is 24.3 Å². The molecule has 4 heteroatoms. The van der Waals surface area contributed by atoms with Crippen LogP contribution >= 0.6 is 0 Å². The molecular weight excluding hydrogens is 182 g/mol. The van der Waals surface area contributed by atoms with Crippen molar-refractivity contribution in [3.8, 4) is 0 Å². The van der Waals surface area contributed by atoms with Gasteiger partial charge < -0.3 is 14.4 Å². The molecular formula is C10H17NO3. The van der Waals surface area contributed by atoms with E-state index in [1.54, 1.807) is 4.90 Å². The molecule has 2 heterocycles. The molecule has 0 N–H and O–H groups in total. The SMILES string of the molecule is CC1C2OC2CN1C(=O)OC(C)(C)C. The highest BCUT2D eigenvalue weighted by molar-refractivity contribution is 5.69. The Labute approximate surface area is 84.2 Å². The molecule has 2 saturated heterocycles. The monoisotopic (exact) mass is 199 g/mol. The highest BCUT2D eigenvalue weighted by Gasteiger charge is 2.54. The first-order chi connectivity index (χ1) is 6.38. The third-order valence-electron chi connectivity index (χ3n) is 2.59. The van der Waals surface area contributed by atoms with E-state index in [2.05, 4.69) is 0 Å². The number of carbonyl (C=O) groups is 1. The zero-order chi connectivity index (χ0) is 10.5. The third-order valence-corrected chi connectivity index (χ3v) is 2.59. The lowest BCUT2D eigenvalue weighted by molar-refractivity contribution is 0.0143. The van der Waals surface area contributed by atoms with Crippen LogP contribution in [0.3, 0.4) is 0 Å². The number of fused-ring (bicyclic) bond motifs is 1. The number of amides is 1. The van der Waals surface area contributed by atoms with Crippen molar-refractivity contribution in [3.63, 3.8) is 0 Å². The molecule has 4 nitrogen and oxygen atoms in total. The van der Waals surface area contributed by atoms with Gasteiger partial charge in [0.1, 0.15) is 17.8 Å². The van der Waals surface area contributed by atoms with Crippen LogP contribution in [-0.4, -0.2) is 41.4 Å². The number of hydrogen-bond acceptors (Lipinski definition) is 3. The normalized spacial score (nSPS) is 35.4. The zero-order valence-electron chi connectivity index (χ0n) is 9.11. The molecule has 2 aliphatic rings. The van der Waals surface area contributed by atoms with Gasteiger partial charge in [-0.15, -0.1) is 0 Å². The first-order valence-electron chi connectivity index (χ1n) is 5.03. The second-order valence-corrected chi connectivity index (χ2v) is 5.01. The topological polar surface area (TPSA) is 42.1 Å². The molecule has 0 aromatic heterocycles. The summed E-state index contributed by atoms with van der Waals surface area (Å²) in [4.78, 5) is 13.4. The maximum atomic E-state index is 11.7. The predicted molar refractivity (Wildman–Crippen MR) is 51.1 cm³/mol. The van der Waals surface area contributed by atoms with Crippen molar-refractivity contribution in [2.75, 3.05) is 6.54 Å². The summed E-state index contributed by atoms with van der Waals surface area (Å²) in [5.74, 6) is 0. The molecule has 0 aromatic rings. The molecule has 2 fully saturated rings. The lowest BCUT2D eigenvalue weighted by Gasteiger charge is -2.28. The van der Waals surface area contributed by atoms with Crippen LogP contribution in [0.25, 0.3) is 0 Å². The van der Waals surface area contributed by atoms with Crippen molar-refractivity contribution in [3.05, 3.63) is 0 Å². The molecule has 0 spiro atoms. The number of carbonyl (C=O) groups excluding carboxylic acids is 1. The third kappa shape index (κ3) is 1.71. The van der Waals surface area contributed by atoms with Crippen LogP contribution in [-0.2, 0) is 9.47 Å². The zero-order valence-corrected chi connectivity index (χ0v) is 9.11. The van der Waals surface area contributed by atoms with E-state index in [4.69, 9.17) is 9.47 Å². The summed E-state index contributed by atoms with van der Waals surface area (Å²) < 4.78 is 10.6. The Morgan fingerprint density at radius 3 is 2.57 bits per heavy atom. The van der Waals surface area contributed by atoms with Crippen LogP contribution in [0.2, 0.25) is 0 Å². The average molecular weight is 199 g/mol. The number of likely N-dealkylation sites (tertiary alicyclic amines) is 1. The van der Waals surface area contributed by atoms with Gasteiger partial charge in [0.25, 0.3) is 0 Å². The Kier molecular flexibility index (Phi) is 2.00. The summed E-state index contributed by atoms with van der Waals surface area (Å²) >= 11 is 0. The van der Waals surface area contributed by atoms with Crippen molar-refractivity contribution in [2.24, 2.45) is 0 Å². The Hall–Kier alpha value is -0.770. The number of epoxide rings is 1. The van der Waals surface area contributed by atoms with Crippen LogP contribution < -0.4 is 0 Å². The van der Waals surface area contributed by atoms with Crippen molar-refractivity contribution >= 4 is 6.09 Å². The van der Waals surface area contributed by atoms with Crippen molar-refractivity contribution in [1.29, 1.82) is 0 Å². The maximum Gasteiger partial charge on any atom is 0.410 e. The van der Waals surface area contributed by atoms with Gasteiger partial charge in [0.2, 0.25) is 0 Å². The molecule has 0 aromatic carbocycles. The summed E-state index contributed by atoms with van der Waals surface area (Å²) in [6, 6.07) is 0.162. The largest absolute Gasteiger partial charge is 0.444 e. The second kappa shape index (κ2) is 2.86. The fourth-order valence-corrected chi connectivity index (χ4v) is 1.83. The van der Waals surface area contributed by atoms with Gasteiger partial charge in [0.05, 0.1) is 12.6 Å².